The van der Waals surface area contributed by atoms with Gasteiger partial charge in [0, 0.05) is 22.8 Å². The molecule has 0 saturated carbocycles. The Kier molecular flexibility index (Phi) is 4.76. The van der Waals surface area contributed by atoms with Gasteiger partial charge in [0.1, 0.15) is 6.33 Å². The maximum absolute atomic E-state index is 12.2. The highest BCUT2D eigenvalue weighted by Gasteiger charge is 2.08. The first-order valence-electron chi connectivity index (χ1n) is 7.52. The van der Waals surface area contributed by atoms with Crippen LogP contribution in [0.1, 0.15) is 11.1 Å². The van der Waals surface area contributed by atoms with Gasteiger partial charge in [0.25, 0.3) is 0 Å². The summed E-state index contributed by atoms with van der Waals surface area (Å²) < 4.78 is 2.67. The second kappa shape index (κ2) is 6.97. The molecular formula is C18H17BrN4O. The van der Waals surface area contributed by atoms with E-state index in [1.165, 1.54) is 0 Å². The zero-order valence-electron chi connectivity index (χ0n) is 13.5. The van der Waals surface area contributed by atoms with Gasteiger partial charge < -0.3 is 5.32 Å². The topological polar surface area (TPSA) is 59.8 Å². The predicted molar refractivity (Wildman–Crippen MR) is 97.7 cm³/mol. The molecule has 0 bridgehead atoms. The Bertz CT molecular complexity index is 871. The molecule has 3 rings (SSSR count). The number of amides is 1. The van der Waals surface area contributed by atoms with E-state index in [0.29, 0.717) is 12.2 Å². The first-order chi connectivity index (χ1) is 11.5. The molecule has 1 heterocycles. The van der Waals surface area contributed by atoms with Crippen molar-refractivity contribution in [3.8, 4) is 11.4 Å². The van der Waals surface area contributed by atoms with E-state index in [2.05, 4.69) is 31.3 Å². The molecule has 0 atom stereocenters. The fraction of sp³-hybridized carbons (Fsp3) is 0.167. The molecular weight excluding hydrogens is 368 g/mol. The van der Waals surface area contributed by atoms with Crippen LogP contribution >= 0.6 is 15.9 Å². The molecule has 3 aromatic rings. The molecule has 2 aromatic carbocycles. The van der Waals surface area contributed by atoms with Crippen LogP contribution in [0, 0.1) is 6.92 Å². The second-order valence-electron chi connectivity index (χ2n) is 5.61. The molecule has 1 N–H and O–H groups in total. The molecule has 0 spiro atoms. The van der Waals surface area contributed by atoms with Crippen LogP contribution in [0.3, 0.4) is 0 Å². The molecule has 24 heavy (non-hydrogen) atoms. The monoisotopic (exact) mass is 384 g/mol. The van der Waals surface area contributed by atoms with Gasteiger partial charge in [-0.1, -0.05) is 22.0 Å². The van der Waals surface area contributed by atoms with Gasteiger partial charge in [-0.3, -0.25) is 9.48 Å². The third kappa shape index (κ3) is 3.89. The van der Waals surface area contributed by atoms with Gasteiger partial charge in [0.2, 0.25) is 5.91 Å². The minimum atomic E-state index is -0.0378. The quantitative estimate of drug-likeness (QED) is 0.745. The lowest BCUT2D eigenvalue weighted by Crippen LogP contribution is -2.15. The molecule has 0 unspecified atom stereocenters. The Hall–Kier alpha value is -2.47. The highest BCUT2D eigenvalue weighted by molar-refractivity contribution is 9.10. The van der Waals surface area contributed by atoms with Gasteiger partial charge in [-0.15, -0.1) is 0 Å². The molecule has 0 aliphatic rings. The average molecular weight is 385 g/mol. The highest BCUT2D eigenvalue weighted by Crippen LogP contribution is 2.19. The number of rotatable bonds is 4. The van der Waals surface area contributed by atoms with Crippen molar-refractivity contribution >= 4 is 27.5 Å². The standard InChI is InChI=1S/C18H17BrN4O/c1-12-9-15(19)6-3-14(12)10-17(24)21-16-7-4-13(5-8-16)18-20-11-23(2)22-18/h3-9,11H,10H2,1-2H3,(H,21,24). The van der Waals surface area contributed by atoms with Crippen LogP contribution < -0.4 is 5.32 Å². The minimum Gasteiger partial charge on any atom is -0.326 e. The van der Waals surface area contributed by atoms with Crippen LogP contribution in [0.5, 0.6) is 0 Å². The summed E-state index contributed by atoms with van der Waals surface area (Å²) in [5.41, 5.74) is 3.79. The van der Waals surface area contributed by atoms with E-state index < -0.39 is 0 Å². The Morgan fingerprint density at radius 3 is 2.58 bits per heavy atom. The zero-order valence-corrected chi connectivity index (χ0v) is 15.0. The maximum Gasteiger partial charge on any atom is 0.228 e. The molecule has 0 aliphatic heterocycles. The Morgan fingerprint density at radius 2 is 1.96 bits per heavy atom. The number of carbonyl (C=O) groups is 1. The number of aryl methyl sites for hydroxylation is 2. The summed E-state index contributed by atoms with van der Waals surface area (Å²) in [5, 5.41) is 7.18. The van der Waals surface area contributed by atoms with Crippen molar-refractivity contribution < 1.29 is 4.79 Å². The van der Waals surface area contributed by atoms with E-state index in [-0.39, 0.29) is 5.91 Å². The number of nitrogens with one attached hydrogen (secondary N) is 1. The van der Waals surface area contributed by atoms with Crippen molar-refractivity contribution in [2.45, 2.75) is 13.3 Å². The molecule has 6 heteroatoms. The maximum atomic E-state index is 12.2. The Labute approximate surface area is 148 Å². The van der Waals surface area contributed by atoms with Gasteiger partial charge in [-0.25, -0.2) is 4.98 Å². The van der Waals surface area contributed by atoms with Crippen LogP contribution in [0.25, 0.3) is 11.4 Å². The van der Waals surface area contributed by atoms with Crippen molar-refractivity contribution in [2.24, 2.45) is 7.05 Å². The SMILES string of the molecule is Cc1cc(Br)ccc1CC(=O)Nc1ccc(-c2ncn(C)n2)cc1. The van der Waals surface area contributed by atoms with Crippen LogP contribution in [0.15, 0.2) is 53.3 Å². The number of benzene rings is 2. The first kappa shape index (κ1) is 16.4. The van der Waals surface area contributed by atoms with E-state index in [4.69, 9.17) is 0 Å². The van der Waals surface area contributed by atoms with Crippen LogP contribution in [0.4, 0.5) is 5.69 Å². The number of aromatic nitrogens is 3. The summed E-state index contributed by atoms with van der Waals surface area (Å²) in [4.78, 5) is 16.4. The predicted octanol–water partition coefficient (Wildman–Crippen LogP) is 3.73. The van der Waals surface area contributed by atoms with Gasteiger partial charge in [0.15, 0.2) is 5.82 Å². The molecule has 0 aliphatic carbocycles. The third-order valence-corrected chi connectivity index (χ3v) is 4.18. The molecule has 0 radical (unpaired) electrons. The van der Waals surface area contributed by atoms with Crippen LogP contribution in [-0.4, -0.2) is 20.7 Å². The van der Waals surface area contributed by atoms with Crippen molar-refractivity contribution in [1.82, 2.24) is 14.8 Å². The lowest BCUT2D eigenvalue weighted by molar-refractivity contribution is -0.115. The summed E-state index contributed by atoms with van der Waals surface area (Å²) in [6.07, 6.45) is 2.01. The van der Waals surface area contributed by atoms with Crippen molar-refractivity contribution in [3.05, 3.63) is 64.4 Å². The molecule has 122 valence electrons. The molecule has 0 saturated heterocycles. The molecule has 5 nitrogen and oxygen atoms in total. The first-order valence-corrected chi connectivity index (χ1v) is 8.31. The Morgan fingerprint density at radius 1 is 1.21 bits per heavy atom. The van der Waals surface area contributed by atoms with E-state index in [9.17, 15) is 4.79 Å². The molecule has 1 aromatic heterocycles. The third-order valence-electron chi connectivity index (χ3n) is 3.68. The number of anilines is 1. The average Bonchev–Trinajstić information content (AvgIpc) is 2.97. The second-order valence-corrected chi connectivity index (χ2v) is 6.53. The number of carbonyl (C=O) groups excluding carboxylic acids is 1. The minimum absolute atomic E-state index is 0.0378. The number of hydrogen-bond donors (Lipinski definition) is 1. The van der Waals surface area contributed by atoms with Crippen molar-refractivity contribution in [1.29, 1.82) is 0 Å². The number of hydrogen-bond acceptors (Lipinski definition) is 3. The van der Waals surface area contributed by atoms with Crippen LogP contribution in [-0.2, 0) is 18.3 Å². The van der Waals surface area contributed by atoms with E-state index in [1.54, 1.807) is 11.0 Å². The smallest absolute Gasteiger partial charge is 0.228 e. The van der Waals surface area contributed by atoms with Gasteiger partial charge in [-0.05, 0) is 54.4 Å². The van der Waals surface area contributed by atoms with Crippen molar-refractivity contribution in [3.63, 3.8) is 0 Å². The summed E-state index contributed by atoms with van der Waals surface area (Å²) in [5.74, 6) is 0.630. The Balaban J connectivity index is 1.66. The van der Waals surface area contributed by atoms with Gasteiger partial charge in [0.05, 0.1) is 6.42 Å². The number of halogens is 1. The zero-order chi connectivity index (χ0) is 17.1. The van der Waals surface area contributed by atoms with E-state index >= 15 is 0 Å². The van der Waals surface area contributed by atoms with Gasteiger partial charge in [-0.2, -0.15) is 5.10 Å². The number of nitrogens with zero attached hydrogens (tertiary/aromatic N) is 3. The van der Waals surface area contributed by atoms with E-state index in [0.717, 1.165) is 26.9 Å². The summed E-state index contributed by atoms with van der Waals surface area (Å²) in [7, 11) is 1.83. The van der Waals surface area contributed by atoms with E-state index in [1.807, 2.05) is 56.4 Å². The fourth-order valence-corrected chi connectivity index (χ4v) is 2.89. The highest BCUT2D eigenvalue weighted by atomic mass is 79.9. The summed E-state index contributed by atoms with van der Waals surface area (Å²) >= 11 is 3.43. The lowest BCUT2D eigenvalue weighted by atomic mass is 10.1. The summed E-state index contributed by atoms with van der Waals surface area (Å²) in [6, 6.07) is 13.4. The summed E-state index contributed by atoms with van der Waals surface area (Å²) in [6.45, 7) is 2.00. The molecule has 0 fully saturated rings. The normalized spacial score (nSPS) is 10.6. The van der Waals surface area contributed by atoms with Crippen LogP contribution in [0.2, 0.25) is 0 Å². The lowest BCUT2D eigenvalue weighted by Gasteiger charge is -2.08. The molecule has 1 amide bonds. The van der Waals surface area contributed by atoms with Gasteiger partial charge >= 0.3 is 0 Å². The van der Waals surface area contributed by atoms with Crippen molar-refractivity contribution in [2.75, 3.05) is 5.32 Å². The fourth-order valence-electron chi connectivity index (χ4n) is 2.41. The largest absolute Gasteiger partial charge is 0.326 e.